The fourth-order valence-electron chi connectivity index (χ4n) is 3.21. The number of ether oxygens (including phenoxy) is 1. The molecule has 1 aliphatic rings. The van der Waals surface area contributed by atoms with Gasteiger partial charge in [0.1, 0.15) is 0 Å². The van der Waals surface area contributed by atoms with Crippen LogP contribution < -0.4 is 0 Å². The summed E-state index contributed by atoms with van der Waals surface area (Å²) < 4.78 is 32.8. The van der Waals surface area contributed by atoms with Gasteiger partial charge in [-0.15, -0.1) is 17.9 Å². The van der Waals surface area contributed by atoms with E-state index < -0.39 is 10.0 Å². The third-order valence-corrected chi connectivity index (χ3v) is 7.97. The highest BCUT2D eigenvalue weighted by Gasteiger charge is 2.26. The summed E-state index contributed by atoms with van der Waals surface area (Å²) in [4.78, 5) is 15.7. The van der Waals surface area contributed by atoms with Gasteiger partial charge in [-0.25, -0.2) is 8.42 Å². The number of aryl methyl sites for hydroxylation is 1. The summed E-state index contributed by atoms with van der Waals surface area (Å²) in [5.74, 6) is 0.0180. The van der Waals surface area contributed by atoms with Gasteiger partial charge in [-0.3, -0.25) is 4.79 Å². The van der Waals surface area contributed by atoms with E-state index in [1.54, 1.807) is 35.2 Å². The Morgan fingerprint density at radius 2 is 1.90 bits per heavy atom. The summed E-state index contributed by atoms with van der Waals surface area (Å²) >= 11 is 7.44. The van der Waals surface area contributed by atoms with Crippen molar-refractivity contribution >= 4 is 38.9 Å². The molecule has 0 radical (unpaired) electrons. The predicted octanol–water partition coefficient (Wildman–Crippen LogP) is 3.57. The van der Waals surface area contributed by atoms with Crippen molar-refractivity contribution in [1.82, 2.24) is 9.21 Å². The number of thiophene rings is 1. The number of amides is 1. The number of morpholine rings is 1. The predicted molar refractivity (Wildman–Crippen MR) is 119 cm³/mol. The lowest BCUT2D eigenvalue weighted by molar-refractivity contribution is -0.131. The smallest absolute Gasteiger partial charge is 0.243 e. The van der Waals surface area contributed by atoms with E-state index in [9.17, 15) is 13.2 Å². The quantitative estimate of drug-likeness (QED) is 0.527. The lowest BCUT2D eigenvalue weighted by Crippen LogP contribution is -2.40. The first kappa shape index (κ1) is 23.0. The van der Waals surface area contributed by atoms with Gasteiger partial charge in [0, 0.05) is 30.9 Å². The van der Waals surface area contributed by atoms with Gasteiger partial charge in [0.15, 0.2) is 0 Å². The molecule has 6 nitrogen and oxygen atoms in total. The third-order valence-electron chi connectivity index (χ3n) is 4.84. The highest BCUT2D eigenvalue weighted by Crippen LogP contribution is 2.23. The first-order valence-corrected chi connectivity index (χ1v) is 12.3. The van der Waals surface area contributed by atoms with Crippen LogP contribution in [-0.4, -0.2) is 56.4 Å². The minimum atomic E-state index is -3.51. The maximum absolute atomic E-state index is 12.7. The molecule has 1 saturated heterocycles. The minimum absolute atomic E-state index is 0.0180. The van der Waals surface area contributed by atoms with Crippen molar-refractivity contribution in [2.45, 2.75) is 24.3 Å². The Balaban J connectivity index is 1.59. The monoisotopic (exact) mass is 468 g/mol. The van der Waals surface area contributed by atoms with E-state index in [0.29, 0.717) is 56.6 Å². The highest BCUT2D eigenvalue weighted by molar-refractivity contribution is 7.89. The lowest BCUT2D eigenvalue weighted by Gasteiger charge is -2.26. The molecule has 3 rings (SSSR count). The van der Waals surface area contributed by atoms with Crippen LogP contribution in [0.3, 0.4) is 0 Å². The van der Waals surface area contributed by atoms with E-state index in [-0.39, 0.29) is 10.8 Å². The number of carbonyl (C=O) groups is 1. The summed E-state index contributed by atoms with van der Waals surface area (Å²) in [5.41, 5.74) is 0.919. The van der Waals surface area contributed by atoms with Crippen LogP contribution in [0.25, 0.3) is 0 Å². The number of carbonyl (C=O) groups excluding carboxylic acids is 1. The molecule has 9 heteroatoms. The third kappa shape index (κ3) is 5.92. The van der Waals surface area contributed by atoms with Crippen LogP contribution in [-0.2, 0) is 32.5 Å². The van der Waals surface area contributed by atoms with Crippen molar-refractivity contribution in [3.8, 4) is 0 Å². The molecule has 1 amide bonds. The molecule has 30 heavy (non-hydrogen) atoms. The van der Waals surface area contributed by atoms with Crippen molar-refractivity contribution in [2.75, 3.05) is 32.8 Å². The van der Waals surface area contributed by atoms with Crippen LogP contribution in [0.5, 0.6) is 0 Å². The molecule has 0 spiro atoms. The molecule has 0 aliphatic carbocycles. The summed E-state index contributed by atoms with van der Waals surface area (Å²) in [6.07, 6.45) is 2.58. The molecular weight excluding hydrogens is 444 g/mol. The maximum Gasteiger partial charge on any atom is 0.243 e. The normalized spacial score (nSPS) is 15.1. The summed E-state index contributed by atoms with van der Waals surface area (Å²) in [6, 6.07) is 10.5. The van der Waals surface area contributed by atoms with Crippen molar-refractivity contribution in [1.29, 1.82) is 0 Å². The summed E-state index contributed by atoms with van der Waals surface area (Å²) in [6.45, 7) is 6.26. The molecule has 2 aromatic rings. The molecule has 0 N–H and O–H groups in total. The molecule has 1 fully saturated rings. The van der Waals surface area contributed by atoms with E-state index in [0.717, 1.165) is 10.4 Å². The lowest BCUT2D eigenvalue weighted by atomic mass is 10.1. The molecule has 162 valence electrons. The fraction of sp³-hybridized carbons (Fsp3) is 0.381. The number of hydrogen-bond donors (Lipinski definition) is 0. The topological polar surface area (TPSA) is 66.9 Å². The summed E-state index contributed by atoms with van der Waals surface area (Å²) in [7, 11) is -3.51. The Morgan fingerprint density at radius 1 is 1.20 bits per heavy atom. The second kappa shape index (κ2) is 10.5. The Kier molecular flexibility index (Phi) is 8.07. The van der Waals surface area contributed by atoms with E-state index in [2.05, 4.69) is 6.58 Å². The van der Waals surface area contributed by atoms with E-state index in [4.69, 9.17) is 16.3 Å². The van der Waals surface area contributed by atoms with Crippen molar-refractivity contribution in [2.24, 2.45) is 0 Å². The zero-order valence-electron chi connectivity index (χ0n) is 16.6. The molecule has 1 aromatic carbocycles. The van der Waals surface area contributed by atoms with Crippen LogP contribution >= 0.6 is 22.9 Å². The number of halogens is 1. The number of rotatable bonds is 9. The Hall–Kier alpha value is -1.71. The van der Waals surface area contributed by atoms with E-state index in [1.165, 1.54) is 15.6 Å². The van der Waals surface area contributed by atoms with E-state index >= 15 is 0 Å². The van der Waals surface area contributed by atoms with Gasteiger partial charge < -0.3 is 9.64 Å². The van der Waals surface area contributed by atoms with Gasteiger partial charge in [-0.1, -0.05) is 29.8 Å². The molecule has 0 saturated carbocycles. The van der Waals surface area contributed by atoms with Crippen LogP contribution in [0, 0.1) is 0 Å². The van der Waals surface area contributed by atoms with Crippen molar-refractivity contribution in [3.05, 3.63) is 63.8 Å². The molecule has 0 unspecified atom stereocenters. The van der Waals surface area contributed by atoms with Gasteiger partial charge in [-0.05, 0) is 36.2 Å². The van der Waals surface area contributed by atoms with Crippen molar-refractivity contribution < 1.29 is 17.9 Å². The Labute approximate surface area is 186 Å². The van der Waals surface area contributed by atoms with Crippen LogP contribution in [0.1, 0.15) is 16.9 Å². The SMILES string of the molecule is C=CCN(Cc1ccc(Cl)s1)C(=O)CCc1ccc(S(=O)(=O)N2CCOCC2)cc1. The molecule has 1 aliphatic heterocycles. The molecule has 2 heterocycles. The van der Waals surface area contributed by atoms with Gasteiger partial charge in [0.05, 0.1) is 29.0 Å². The number of nitrogens with zero attached hydrogens (tertiary/aromatic N) is 2. The molecule has 0 bridgehead atoms. The van der Waals surface area contributed by atoms with Crippen LogP contribution in [0.15, 0.2) is 53.9 Å². The average Bonchev–Trinajstić information content (AvgIpc) is 3.17. The van der Waals surface area contributed by atoms with Gasteiger partial charge in [0.2, 0.25) is 15.9 Å². The van der Waals surface area contributed by atoms with Gasteiger partial charge >= 0.3 is 0 Å². The zero-order valence-corrected chi connectivity index (χ0v) is 19.0. The minimum Gasteiger partial charge on any atom is -0.379 e. The number of hydrogen-bond acceptors (Lipinski definition) is 5. The fourth-order valence-corrected chi connectivity index (χ4v) is 5.72. The maximum atomic E-state index is 12.7. The standard InChI is InChI=1S/C21H25ClN2O4S2/c1-2-11-23(16-18-6-9-20(22)29-18)21(25)10-5-17-3-7-19(8-4-17)30(26,27)24-12-14-28-15-13-24/h2-4,6-9H,1,5,10-16H2. The Morgan fingerprint density at radius 3 is 2.50 bits per heavy atom. The van der Waals surface area contributed by atoms with Crippen LogP contribution in [0.4, 0.5) is 0 Å². The number of sulfonamides is 1. The highest BCUT2D eigenvalue weighted by atomic mass is 35.5. The number of benzene rings is 1. The van der Waals surface area contributed by atoms with Gasteiger partial charge in [0.25, 0.3) is 0 Å². The summed E-state index contributed by atoms with van der Waals surface area (Å²) in [5, 5.41) is 0. The first-order chi connectivity index (χ1) is 14.4. The second-order valence-electron chi connectivity index (χ2n) is 6.93. The van der Waals surface area contributed by atoms with Crippen LogP contribution in [0.2, 0.25) is 4.34 Å². The van der Waals surface area contributed by atoms with E-state index in [1.807, 2.05) is 12.1 Å². The molecular formula is C21H25ClN2O4S2. The Bertz CT molecular complexity index is 967. The van der Waals surface area contributed by atoms with Gasteiger partial charge in [-0.2, -0.15) is 4.31 Å². The largest absolute Gasteiger partial charge is 0.379 e. The second-order valence-corrected chi connectivity index (χ2v) is 10.7. The zero-order chi connectivity index (χ0) is 21.6. The molecule has 0 atom stereocenters. The molecule has 1 aromatic heterocycles. The first-order valence-electron chi connectivity index (χ1n) is 9.70. The van der Waals surface area contributed by atoms with Crippen molar-refractivity contribution in [3.63, 3.8) is 0 Å². The average molecular weight is 469 g/mol.